The number of carbonyl (C=O) groups excluding carboxylic acids is 1. The number of anilines is 1. The van der Waals surface area contributed by atoms with Gasteiger partial charge in [-0.3, -0.25) is 13.9 Å². The average molecular weight is 360 g/mol. The van der Waals surface area contributed by atoms with E-state index in [0.717, 1.165) is 24.1 Å². The molecule has 2 aromatic carbocycles. The number of benzene rings is 2. The molecular formula is C18H20N2O4S. The summed E-state index contributed by atoms with van der Waals surface area (Å²) in [7, 11) is -3.66. The van der Waals surface area contributed by atoms with E-state index in [1.807, 2.05) is 24.3 Å². The van der Waals surface area contributed by atoms with Gasteiger partial charge in [-0.2, -0.15) is 0 Å². The lowest BCUT2D eigenvalue weighted by molar-refractivity contribution is 0.0364. The Bertz CT molecular complexity index is 863. The van der Waals surface area contributed by atoms with Crippen molar-refractivity contribution < 1.29 is 18.0 Å². The SMILES string of the molecule is CCONC(=O)c1ccc(S(=O)(=O)N2CCCc3ccccc32)cc1. The van der Waals surface area contributed by atoms with Crippen molar-refractivity contribution in [1.29, 1.82) is 0 Å². The molecule has 25 heavy (non-hydrogen) atoms. The summed E-state index contributed by atoms with van der Waals surface area (Å²) in [5.41, 5.74) is 4.38. The second-order valence-corrected chi connectivity index (χ2v) is 7.56. The molecule has 0 fully saturated rings. The minimum atomic E-state index is -3.66. The first-order valence-electron chi connectivity index (χ1n) is 8.17. The quantitative estimate of drug-likeness (QED) is 0.832. The molecule has 0 saturated heterocycles. The first kappa shape index (κ1) is 17.4. The van der Waals surface area contributed by atoms with E-state index in [9.17, 15) is 13.2 Å². The molecule has 7 heteroatoms. The Hall–Kier alpha value is -2.38. The van der Waals surface area contributed by atoms with Gasteiger partial charge in [-0.15, -0.1) is 0 Å². The summed E-state index contributed by atoms with van der Waals surface area (Å²) in [6, 6.07) is 13.4. The highest BCUT2D eigenvalue weighted by Crippen LogP contribution is 2.31. The van der Waals surface area contributed by atoms with Gasteiger partial charge in [0.25, 0.3) is 15.9 Å². The summed E-state index contributed by atoms with van der Waals surface area (Å²) in [5.74, 6) is -0.408. The number of fused-ring (bicyclic) bond motifs is 1. The van der Waals surface area contributed by atoms with E-state index in [-0.39, 0.29) is 4.90 Å². The lowest BCUT2D eigenvalue weighted by Gasteiger charge is -2.30. The number of rotatable bonds is 5. The molecule has 0 bridgehead atoms. The zero-order chi connectivity index (χ0) is 17.9. The van der Waals surface area contributed by atoms with Gasteiger partial charge < -0.3 is 0 Å². The fourth-order valence-electron chi connectivity index (χ4n) is 2.85. The maximum Gasteiger partial charge on any atom is 0.274 e. The van der Waals surface area contributed by atoms with Gasteiger partial charge in [0.2, 0.25) is 0 Å². The van der Waals surface area contributed by atoms with Crippen LogP contribution in [0.25, 0.3) is 0 Å². The van der Waals surface area contributed by atoms with Gasteiger partial charge in [0, 0.05) is 12.1 Å². The van der Waals surface area contributed by atoms with Crippen LogP contribution >= 0.6 is 0 Å². The Morgan fingerprint density at radius 1 is 1.16 bits per heavy atom. The molecule has 132 valence electrons. The molecule has 1 heterocycles. The van der Waals surface area contributed by atoms with E-state index in [1.165, 1.54) is 28.6 Å². The van der Waals surface area contributed by atoms with Crippen molar-refractivity contribution in [2.75, 3.05) is 17.5 Å². The fraction of sp³-hybridized carbons (Fsp3) is 0.278. The van der Waals surface area contributed by atoms with Crippen molar-refractivity contribution in [2.45, 2.75) is 24.7 Å². The molecule has 3 rings (SSSR count). The lowest BCUT2D eigenvalue weighted by atomic mass is 10.0. The van der Waals surface area contributed by atoms with Crippen molar-refractivity contribution in [3.05, 3.63) is 59.7 Å². The number of amides is 1. The largest absolute Gasteiger partial charge is 0.274 e. The van der Waals surface area contributed by atoms with Crippen LogP contribution in [0.3, 0.4) is 0 Å². The second kappa shape index (κ2) is 7.25. The normalized spacial score (nSPS) is 14.0. The third-order valence-corrected chi connectivity index (χ3v) is 5.91. The van der Waals surface area contributed by atoms with Crippen LogP contribution in [0.1, 0.15) is 29.3 Å². The number of nitrogens with zero attached hydrogens (tertiary/aromatic N) is 1. The Balaban J connectivity index is 1.87. The van der Waals surface area contributed by atoms with Gasteiger partial charge in [-0.25, -0.2) is 13.9 Å². The molecule has 1 N–H and O–H groups in total. The van der Waals surface area contributed by atoms with Crippen LogP contribution in [0.4, 0.5) is 5.69 Å². The van der Waals surface area contributed by atoms with Crippen molar-refractivity contribution in [3.63, 3.8) is 0 Å². The number of aryl methyl sites for hydroxylation is 1. The Morgan fingerprint density at radius 2 is 1.88 bits per heavy atom. The topological polar surface area (TPSA) is 75.7 Å². The molecule has 0 atom stereocenters. The zero-order valence-electron chi connectivity index (χ0n) is 13.9. The maximum atomic E-state index is 13.0. The summed E-state index contributed by atoms with van der Waals surface area (Å²) >= 11 is 0. The molecule has 0 radical (unpaired) electrons. The number of sulfonamides is 1. The van der Waals surface area contributed by atoms with Gasteiger partial charge in [0.15, 0.2) is 0 Å². The number of hydroxylamine groups is 1. The summed E-state index contributed by atoms with van der Waals surface area (Å²) in [5, 5.41) is 0. The van der Waals surface area contributed by atoms with Crippen LogP contribution in [0.5, 0.6) is 0 Å². The molecule has 2 aromatic rings. The van der Waals surface area contributed by atoms with E-state index >= 15 is 0 Å². The molecule has 0 aliphatic carbocycles. The molecular weight excluding hydrogens is 340 g/mol. The van der Waals surface area contributed by atoms with Crippen molar-refractivity contribution in [3.8, 4) is 0 Å². The standard InChI is InChI=1S/C18H20N2O4S/c1-2-24-19-18(21)15-9-11-16(12-10-15)25(22,23)20-13-5-7-14-6-3-4-8-17(14)20/h3-4,6,8-12H,2,5,7,13H2,1H3,(H,19,21). The number of nitrogens with one attached hydrogen (secondary N) is 1. The van der Waals surface area contributed by atoms with E-state index in [1.54, 1.807) is 6.92 Å². The van der Waals surface area contributed by atoms with E-state index in [0.29, 0.717) is 18.7 Å². The number of para-hydroxylation sites is 1. The van der Waals surface area contributed by atoms with Crippen LogP contribution < -0.4 is 9.79 Å². The van der Waals surface area contributed by atoms with Crippen molar-refractivity contribution in [1.82, 2.24) is 5.48 Å². The molecule has 0 spiro atoms. The van der Waals surface area contributed by atoms with Gasteiger partial charge >= 0.3 is 0 Å². The monoisotopic (exact) mass is 360 g/mol. The highest BCUT2D eigenvalue weighted by molar-refractivity contribution is 7.92. The Labute approximate surface area is 147 Å². The lowest BCUT2D eigenvalue weighted by Crippen LogP contribution is -2.35. The van der Waals surface area contributed by atoms with Crippen LogP contribution in [0, 0.1) is 0 Å². The second-order valence-electron chi connectivity index (χ2n) is 5.70. The Morgan fingerprint density at radius 3 is 2.60 bits per heavy atom. The predicted octanol–water partition coefficient (Wildman–Crippen LogP) is 2.51. The third-order valence-electron chi connectivity index (χ3n) is 4.08. The van der Waals surface area contributed by atoms with E-state index in [2.05, 4.69) is 5.48 Å². The van der Waals surface area contributed by atoms with Crippen LogP contribution in [0.15, 0.2) is 53.4 Å². The van der Waals surface area contributed by atoms with E-state index < -0.39 is 15.9 Å². The minimum absolute atomic E-state index is 0.164. The van der Waals surface area contributed by atoms with E-state index in [4.69, 9.17) is 4.84 Å². The van der Waals surface area contributed by atoms with Crippen LogP contribution in [-0.4, -0.2) is 27.5 Å². The first-order chi connectivity index (χ1) is 12.0. The maximum absolute atomic E-state index is 13.0. The number of carbonyl (C=O) groups is 1. The summed E-state index contributed by atoms with van der Waals surface area (Å²) in [6.07, 6.45) is 1.66. The summed E-state index contributed by atoms with van der Waals surface area (Å²) in [6.45, 7) is 2.56. The van der Waals surface area contributed by atoms with Crippen LogP contribution in [0.2, 0.25) is 0 Å². The summed E-state index contributed by atoms with van der Waals surface area (Å²) in [4.78, 5) is 16.9. The molecule has 1 aliphatic rings. The number of hydrogen-bond acceptors (Lipinski definition) is 4. The van der Waals surface area contributed by atoms with Gasteiger partial charge in [0.05, 0.1) is 17.2 Å². The molecule has 0 aromatic heterocycles. The molecule has 6 nitrogen and oxygen atoms in total. The Kier molecular flexibility index (Phi) is 5.06. The first-order valence-corrected chi connectivity index (χ1v) is 9.61. The van der Waals surface area contributed by atoms with Crippen molar-refractivity contribution >= 4 is 21.6 Å². The van der Waals surface area contributed by atoms with Gasteiger partial charge in [-0.05, 0) is 55.7 Å². The predicted molar refractivity (Wildman–Crippen MR) is 94.8 cm³/mol. The highest BCUT2D eigenvalue weighted by Gasteiger charge is 2.28. The molecule has 1 aliphatic heterocycles. The smallest absolute Gasteiger partial charge is 0.274 e. The minimum Gasteiger partial charge on any atom is -0.274 e. The fourth-order valence-corrected chi connectivity index (χ4v) is 4.39. The average Bonchev–Trinajstić information content (AvgIpc) is 2.65. The molecule has 1 amide bonds. The third kappa shape index (κ3) is 3.52. The van der Waals surface area contributed by atoms with Crippen molar-refractivity contribution in [2.24, 2.45) is 0 Å². The van der Waals surface area contributed by atoms with Gasteiger partial charge in [0.1, 0.15) is 0 Å². The van der Waals surface area contributed by atoms with Crippen LogP contribution in [-0.2, 0) is 21.3 Å². The summed E-state index contributed by atoms with van der Waals surface area (Å²) < 4.78 is 27.5. The zero-order valence-corrected chi connectivity index (χ0v) is 14.8. The molecule has 0 saturated carbocycles. The van der Waals surface area contributed by atoms with Gasteiger partial charge in [-0.1, -0.05) is 18.2 Å². The molecule has 0 unspecified atom stereocenters. The number of hydrogen-bond donors (Lipinski definition) is 1. The highest BCUT2D eigenvalue weighted by atomic mass is 32.2.